The summed E-state index contributed by atoms with van der Waals surface area (Å²) in [5.41, 5.74) is 0.362. The van der Waals surface area contributed by atoms with Gasteiger partial charge in [-0.2, -0.15) is 0 Å². The summed E-state index contributed by atoms with van der Waals surface area (Å²) in [4.78, 5) is 40.0. The molecule has 3 amide bonds. The van der Waals surface area contributed by atoms with Crippen LogP contribution in [0, 0.1) is 5.82 Å². The first-order chi connectivity index (χ1) is 15.2. The number of carbonyl (C=O) groups is 3. The molecule has 1 aromatic heterocycles. The maximum Gasteiger partial charge on any atom is 0.270 e. The first-order valence-electron chi connectivity index (χ1n) is 10.1. The Balaban J connectivity index is 1.23. The molecule has 3 fully saturated rings. The fourth-order valence-corrected chi connectivity index (χ4v) is 4.46. The monoisotopic (exact) mass is 460 g/mol. The molecule has 8 nitrogen and oxygen atoms in total. The normalized spacial score (nSPS) is 22.7. The number of aromatic nitrogens is 1. The fourth-order valence-electron chi connectivity index (χ4n) is 4.34. The molecule has 168 valence electrons. The molecule has 0 saturated heterocycles. The van der Waals surface area contributed by atoms with Crippen molar-refractivity contribution in [2.24, 2.45) is 0 Å². The zero-order chi connectivity index (χ0) is 22.9. The van der Waals surface area contributed by atoms with Gasteiger partial charge in [0, 0.05) is 36.8 Å². The van der Waals surface area contributed by atoms with Crippen molar-refractivity contribution in [2.45, 2.75) is 43.8 Å². The van der Waals surface area contributed by atoms with Crippen LogP contribution in [0.4, 0.5) is 4.39 Å². The lowest BCUT2D eigenvalue weighted by Crippen LogP contribution is -2.84. The topological polar surface area (TPSA) is 109 Å². The van der Waals surface area contributed by atoms with Gasteiger partial charge in [-0.3, -0.25) is 19.4 Å². The van der Waals surface area contributed by atoms with Gasteiger partial charge in [0.25, 0.3) is 11.8 Å². The van der Waals surface area contributed by atoms with E-state index in [1.807, 2.05) is 0 Å². The Morgan fingerprint density at radius 2 is 1.84 bits per heavy atom. The minimum Gasteiger partial charge on any atom is -0.484 e. The second-order valence-corrected chi connectivity index (χ2v) is 8.82. The highest BCUT2D eigenvalue weighted by Crippen LogP contribution is 2.60. The molecule has 10 heteroatoms. The van der Waals surface area contributed by atoms with E-state index in [1.165, 1.54) is 25.3 Å². The Morgan fingerprint density at radius 3 is 2.53 bits per heavy atom. The molecular formula is C22H22ClFN4O4. The van der Waals surface area contributed by atoms with Gasteiger partial charge in [-0.25, -0.2) is 4.39 Å². The standard InChI is InChI=1S/C22H22ClFN4O4/c1-13(29)26-8-14-4-5-25-18(6-14)20(31)28-22-10-21(11-22,12-22)27-19(30)9-32-15-2-3-16(23)17(24)7-15/h2-7H,8-12H2,1H3,(H,26,29)(H,27,30)(H,28,31). The number of carbonyl (C=O) groups excluding carboxylic acids is 3. The number of amides is 3. The summed E-state index contributed by atoms with van der Waals surface area (Å²) in [6.45, 7) is 1.51. The van der Waals surface area contributed by atoms with E-state index >= 15 is 0 Å². The van der Waals surface area contributed by atoms with Crippen LogP contribution >= 0.6 is 11.6 Å². The SMILES string of the molecule is CC(=O)NCc1ccnc(C(=O)NC23CC(NC(=O)COc4ccc(Cl)c(F)c4)(C2)C3)c1. The van der Waals surface area contributed by atoms with E-state index in [1.54, 1.807) is 12.1 Å². The number of rotatable bonds is 8. The molecule has 2 bridgehead atoms. The smallest absolute Gasteiger partial charge is 0.270 e. The molecule has 1 heterocycles. The third-order valence-corrected chi connectivity index (χ3v) is 5.98. The molecule has 3 aliphatic rings. The molecule has 0 unspecified atom stereocenters. The Bertz CT molecular complexity index is 1070. The van der Waals surface area contributed by atoms with Crippen LogP contribution in [0.25, 0.3) is 0 Å². The third kappa shape index (κ3) is 4.67. The molecule has 0 atom stereocenters. The lowest BCUT2D eigenvalue weighted by Gasteiger charge is -2.70. The molecule has 5 rings (SSSR count). The first-order valence-corrected chi connectivity index (χ1v) is 10.5. The number of ether oxygens (including phenoxy) is 1. The lowest BCUT2D eigenvalue weighted by atomic mass is 9.44. The summed E-state index contributed by atoms with van der Waals surface area (Å²) < 4.78 is 18.8. The van der Waals surface area contributed by atoms with Crippen molar-refractivity contribution in [1.29, 1.82) is 0 Å². The van der Waals surface area contributed by atoms with Crippen molar-refractivity contribution < 1.29 is 23.5 Å². The zero-order valence-electron chi connectivity index (χ0n) is 17.3. The predicted molar refractivity (Wildman–Crippen MR) is 114 cm³/mol. The summed E-state index contributed by atoms with van der Waals surface area (Å²) in [7, 11) is 0. The molecule has 32 heavy (non-hydrogen) atoms. The number of nitrogens with one attached hydrogen (secondary N) is 3. The van der Waals surface area contributed by atoms with Crippen molar-refractivity contribution in [3.8, 4) is 5.75 Å². The summed E-state index contributed by atoms with van der Waals surface area (Å²) in [5.74, 6) is -1.15. The van der Waals surface area contributed by atoms with E-state index in [0.29, 0.717) is 25.8 Å². The summed E-state index contributed by atoms with van der Waals surface area (Å²) >= 11 is 5.62. The molecule has 0 aliphatic heterocycles. The molecule has 1 aromatic carbocycles. The third-order valence-electron chi connectivity index (χ3n) is 5.67. The largest absolute Gasteiger partial charge is 0.484 e. The van der Waals surface area contributed by atoms with Crippen molar-refractivity contribution in [2.75, 3.05) is 6.61 Å². The summed E-state index contributed by atoms with van der Waals surface area (Å²) in [5, 5.41) is 8.61. The van der Waals surface area contributed by atoms with Crippen molar-refractivity contribution in [3.05, 3.63) is 58.6 Å². The summed E-state index contributed by atoms with van der Waals surface area (Å²) in [6.07, 6.45) is 3.40. The number of benzene rings is 1. The van der Waals surface area contributed by atoms with E-state index < -0.39 is 5.82 Å². The Morgan fingerprint density at radius 1 is 1.12 bits per heavy atom. The maximum atomic E-state index is 13.4. The highest BCUT2D eigenvalue weighted by molar-refractivity contribution is 6.30. The van der Waals surface area contributed by atoms with E-state index in [9.17, 15) is 18.8 Å². The molecule has 2 aromatic rings. The van der Waals surface area contributed by atoms with Gasteiger partial charge in [-0.05, 0) is 49.1 Å². The number of hydrogen-bond donors (Lipinski definition) is 3. The molecule has 3 saturated carbocycles. The second kappa shape index (κ2) is 8.38. The average molecular weight is 461 g/mol. The van der Waals surface area contributed by atoms with Gasteiger partial charge < -0.3 is 20.7 Å². The van der Waals surface area contributed by atoms with Crippen molar-refractivity contribution in [3.63, 3.8) is 0 Å². The predicted octanol–water partition coefficient (Wildman–Crippen LogP) is 2.11. The summed E-state index contributed by atoms with van der Waals surface area (Å²) in [6, 6.07) is 7.36. The second-order valence-electron chi connectivity index (χ2n) is 8.42. The van der Waals surface area contributed by atoms with E-state index in [-0.39, 0.29) is 51.9 Å². The van der Waals surface area contributed by atoms with Gasteiger partial charge in [-0.1, -0.05) is 11.6 Å². The van der Waals surface area contributed by atoms with E-state index in [2.05, 4.69) is 20.9 Å². The zero-order valence-corrected chi connectivity index (χ0v) is 18.1. The van der Waals surface area contributed by atoms with E-state index in [0.717, 1.165) is 11.6 Å². The highest BCUT2D eigenvalue weighted by Gasteiger charge is 2.69. The fraction of sp³-hybridized carbons (Fsp3) is 0.364. The number of halogens is 2. The Labute approximate surface area is 188 Å². The molecule has 0 spiro atoms. The van der Waals surface area contributed by atoms with Crippen LogP contribution in [0.2, 0.25) is 5.02 Å². The van der Waals surface area contributed by atoms with E-state index in [4.69, 9.17) is 16.3 Å². The Hall–Kier alpha value is -3.20. The maximum absolute atomic E-state index is 13.4. The molecule has 3 N–H and O–H groups in total. The molecule has 0 radical (unpaired) electrons. The minimum atomic E-state index is -0.614. The molecule has 3 aliphatic carbocycles. The molecular weight excluding hydrogens is 439 g/mol. The quantitative estimate of drug-likeness (QED) is 0.559. The van der Waals surface area contributed by atoms with Crippen LogP contribution in [0.3, 0.4) is 0 Å². The van der Waals surface area contributed by atoms with Crippen molar-refractivity contribution >= 4 is 29.3 Å². The van der Waals surface area contributed by atoms with Gasteiger partial charge in [0.2, 0.25) is 5.91 Å². The van der Waals surface area contributed by atoms with Crippen LogP contribution in [-0.4, -0.2) is 40.4 Å². The number of hydrogen-bond acceptors (Lipinski definition) is 5. The van der Waals surface area contributed by atoms with Gasteiger partial charge in [-0.15, -0.1) is 0 Å². The van der Waals surface area contributed by atoms with Crippen molar-refractivity contribution in [1.82, 2.24) is 20.9 Å². The number of pyridine rings is 1. The average Bonchev–Trinajstić information content (AvgIpc) is 2.70. The first kappa shape index (κ1) is 22.0. The van der Waals surface area contributed by atoms with Crippen LogP contribution in [0.1, 0.15) is 42.2 Å². The van der Waals surface area contributed by atoms with Crippen LogP contribution in [0.15, 0.2) is 36.5 Å². The van der Waals surface area contributed by atoms with Gasteiger partial charge in [0.05, 0.1) is 5.02 Å². The Kier molecular flexibility index (Phi) is 5.77. The lowest BCUT2D eigenvalue weighted by molar-refractivity contribution is -0.141. The number of nitrogens with zero attached hydrogens (tertiary/aromatic N) is 1. The van der Waals surface area contributed by atoms with Crippen LogP contribution in [0.5, 0.6) is 5.75 Å². The van der Waals surface area contributed by atoms with Gasteiger partial charge >= 0.3 is 0 Å². The van der Waals surface area contributed by atoms with Crippen LogP contribution in [-0.2, 0) is 16.1 Å². The van der Waals surface area contributed by atoms with Gasteiger partial charge in [0.1, 0.15) is 17.3 Å². The minimum absolute atomic E-state index is 0.0160. The highest BCUT2D eigenvalue weighted by atomic mass is 35.5. The van der Waals surface area contributed by atoms with Crippen LogP contribution < -0.4 is 20.7 Å². The van der Waals surface area contributed by atoms with Gasteiger partial charge in [0.15, 0.2) is 6.61 Å².